The van der Waals surface area contributed by atoms with Crippen LogP contribution < -0.4 is 15.5 Å². The molecule has 0 spiro atoms. The van der Waals surface area contributed by atoms with Crippen molar-refractivity contribution in [3.05, 3.63) is 83.4 Å². The van der Waals surface area contributed by atoms with Crippen LogP contribution in [0.15, 0.2) is 66.7 Å². The average molecular weight is 411 g/mol. The Balaban J connectivity index is 1.55. The molecule has 31 heavy (non-hydrogen) atoms. The maximum Gasteiger partial charge on any atom is 0.274 e. The Morgan fingerprint density at radius 3 is 2.65 bits per heavy atom. The molecule has 3 aromatic carbocycles. The van der Waals surface area contributed by atoms with Crippen LogP contribution in [0, 0.1) is 0 Å². The number of para-hydroxylation sites is 1. The van der Waals surface area contributed by atoms with Crippen molar-refractivity contribution in [1.29, 1.82) is 0 Å². The standard InChI is InChI=1S/C25H21N3O3/c1-30-22-14-17(25(29)28-31-2)10-11-20(22)26-21-9-5-7-16-13-18-12-15-6-3-4-8-19(15)23(18)27-24(16)21/h3-11,13-14,26H,12H2,1-2H3,(H,28,29). The Bertz CT molecular complexity index is 1320. The number of nitrogens with one attached hydrogen (secondary N) is 2. The summed E-state index contributed by atoms with van der Waals surface area (Å²) in [7, 11) is 2.97. The molecule has 0 saturated carbocycles. The van der Waals surface area contributed by atoms with Gasteiger partial charge in [-0.25, -0.2) is 10.5 Å². The number of hydrogen-bond donors (Lipinski definition) is 2. The predicted molar refractivity (Wildman–Crippen MR) is 121 cm³/mol. The number of nitrogens with zero attached hydrogens (tertiary/aromatic N) is 1. The molecule has 1 heterocycles. The van der Waals surface area contributed by atoms with Crippen LogP contribution in [-0.2, 0) is 11.3 Å². The molecule has 0 aliphatic heterocycles. The molecule has 0 fully saturated rings. The third-order valence-corrected chi connectivity index (χ3v) is 5.51. The third kappa shape index (κ3) is 3.37. The summed E-state index contributed by atoms with van der Waals surface area (Å²) in [4.78, 5) is 21.8. The topological polar surface area (TPSA) is 72.5 Å². The first-order valence-electron chi connectivity index (χ1n) is 9.97. The number of fused-ring (bicyclic) bond motifs is 4. The Kier molecular flexibility index (Phi) is 4.76. The van der Waals surface area contributed by atoms with E-state index in [0.717, 1.165) is 34.4 Å². The number of rotatable bonds is 5. The van der Waals surface area contributed by atoms with Gasteiger partial charge in [-0.1, -0.05) is 36.4 Å². The van der Waals surface area contributed by atoms with Gasteiger partial charge in [0.1, 0.15) is 5.75 Å². The van der Waals surface area contributed by atoms with Crippen LogP contribution in [0.3, 0.4) is 0 Å². The van der Waals surface area contributed by atoms with Gasteiger partial charge in [-0.2, -0.15) is 0 Å². The van der Waals surface area contributed by atoms with Crippen LogP contribution in [0.2, 0.25) is 0 Å². The smallest absolute Gasteiger partial charge is 0.274 e. The lowest BCUT2D eigenvalue weighted by Crippen LogP contribution is -2.21. The lowest BCUT2D eigenvalue weighted by molar-refractivity contribution is 0.0537. The minimum Gasteiger partial charge on any atom is -0.495 e. The van der Waals surface area contributed by atoms with Crippen LogP contribution in [-0.4, -0.2) is 25.1 Å². The summed E-state index contributed by atoms with van der Waals surface area (Å²) in [6.07, 6.45) is 0.908. The highest BCUT2D eigenvalue weighted by Gasteiger charge is 2.21. The van der Waals surface area contributed by atoms with Gasteiger partial charge >= 0.3 is 0 Å². The molecule has 1 amide bonds. The molecule has 4 aromatic rings. The van der Waals surface area contributed by atoms with E-state index in [1.54, 1.807) is 19.2 Å². The molecule has 1 aliphatic carbocycles. The fourth-order valence-electron chi connectivity index (χ4n) is 4.05. The van der Waals surface area contributed by atoms with Crippen LogP contribution in [0.5, 0.6) is 5.75 Å². The van der Waals surface area contributed by atoms with Gasteiger partial charge < -0.3 is 10.1 Å². The van der Waals surface area contributed by atoms with Gasteiger partial charge in [0.2, 0.25) is 0 Å². The molecule has 6 nitrogen and oxygen atoms in total. The summed E-state index contributed by atoms with van der Waals surface area (Å²) >= 11 is 0. The van der Waals surface area contributed by atoms with Crippen LogP contribution in [0.25, 0.3) is 22.2 Å². The first kappa shape index (κ1) is 19.1. The Hall–Kier alpha value is -3.90. The zero-order chi connectivity index (χ0) is 21.4. The van der Waals surface area contributed by atoms with Crippen LogP contribution >= 0.6 is 0 Å². The van der Waals surface area contributed by atoms with E-state index in [0.29, 0.717) is 11.3 Å². The minimum absolute atomic E-state index is 0.339. The van der Waals surface area contributed by atoms with Crippen molar-refractivity contribution < 1.29 is 14.4 Å². The largest absolute Gasteiger partial charge is 0.495 e. The van der Waals surface area contributed by atoms with Gasteiger partial charge in [0.15, 0.2) is 0 Å². The van der Waals surface area contributed by atoms with Crippen molar-refractivity contribution >= 4 is 28.2 Å². The molecule has 6 heteroatoms. The average Bonchev–Trinajstić information content (AvgIpc) is 3.16. The van der Waals surface area contributed by atoms with E-state index in [4.69, 9.17) is 14.6 Å². The minimum atomic E-state index is -0.339. The monoisotopic (exact) mass is 411 g/mol. The van der Waals surface area contributed by atoms with E-state index >= 15 is 0 Å². The molecule has 0 atom stereocenters. The van der Waals surface area contributed by atoms with E-state index in [-0.39, 0.29) is 5.91 Å². The lowest BCUT2D eigenvalue weighted by Gasteiger charge is -2.14. The molecule has 0 radical (unpaired) electrons. The second-order valence-corrected chi connectivity index (χ2v) is 7.38. The Labute approximate surface area is 179 Å². The lowest BCUT2D eigenvalue weighted by atomic mass is 10.1. The third-order valence-electron chi connectivity index (χ3n) is 5.51. The Morgan fingerprint density at radius 1 is 0.935 bits per heavy atom. The maximum absolute atomic E-state index is 12.0. The van der Waals surface area contributed by atoms with Crippen molar-refractivity contribution in [1.82, 2.24) is 10.5 Å². The summed E-state index contributed by atoms with van der Waals surface area (Å²) in [5.74, 6) is 0.209. The maximum atomic E-state index is 12.0. The zero-order valence-corrected chi connectivity index (χ0v) is 17.2. The number of hydroxylamine groups is 1. The van der Waals surface area contributed by atoms with Crippen molar-refractivity contribution in [3.63, 3.8) is 0 Å². The number of carbonyl (C=O) groups excluding carboxylic acids is 1. The summed E-state index contributed by atoms with van der Waals surface area (Å²) in [6, 6.07) is 21.9. The van der Waals surface area contributed by atoms with E-state index in [1.807, 2.05) is 18.2 Å². The highest BCUT2D eigenvalue weighted by atomic mass is 16.6. The quantitative estimate of drug-likeness (QED) is 0.405. The first-order chi connectivity index (χ1) is 15.2. The van der Waals surface area contributed by atoms with Gasteiger partial charge in [0.25, 0.3) is 5.91 Å². The first-order valence-corrected chi connectivity index (χ1v) is 9.97. The van der Waals surface area contributed by atoms with Gasteiger partial charge in [-0.3, -0.25) is 9.63 Å². The number of pyridine rings is 1. The van der Waals surface area contributed by atoms with Crippen LogP contribution in [0.4, 0.5) is 11.4 Å². The molecular formula is C25H21N3O3. The molecule has 0 bridgehead atoms. The summed E-state index contributed by atoms with van der Waals surface area (Å²) in [5.41, 5.74) is 10.0. The number of ether oxygens (including phenoxy) is 1. The summed E-state index contributed by atoms with van der Waals surface area (Å²) in [6.45, 7) is 0. The van der Waals surface area contributed by atoms with E-state index in [9.17, 15) is 4.79 Å². The van der Waals surface area contributed by atoms with Gasteiger partial charge in [0, 0.05) is 22.9 Å². The number of benzene rings is 3. The van der Waals surface area contributed by atoms with Gasteiger partial charge in [0.05, 0.1) is 36.8 Å². The predicted octanol–water partition coefficient (Wildman–Crippen LogP) is 4.85. The molecule has 1 aromatic heterocycles. The van der Waals surface area contributed by atoms with Crippen molar-refractivity contribution in [3.8, 4) is 17.0 Å². The molecule has 5 rings (SSSR count). The fourth-order valence-corrected chi connectivity index (χ4v) is 4.05. The SMILES string of the molecule is CONC(=O)c1ccc(Nc2cccc3cc4c(nc23)-c2ccccc2C4)c(OC)c1. The number of amides is 1. The summed E-state index contributed by atoms with van der Waals surface area (Å²) < 4.78 is 5.52. The van der Waals surface area contributed by atoms with Crippen LogP contribution in [0.1, 0.15) is 21.5 Å². The zero-order valence-electron chi connectivity index (χ0n) is 17.2. The number of anilines is 2. The van der Waals surface area contributed by atoms with E-state index in [1.165, 1.54) is 23.8 Å². The van der Waals surface area contributed by atoms with Gasteiger partial charge in [-0.15, -0.1) is 0 Å². The number of hydrogen-bond acceptors (Lipinski definition) is 5. The molecule has 1 aliphatic rings. The highest BCUT2D eigenvalue weighted by molar-refractivity contribution is 5.97. The van der Waals surface area contributed by atoms with Gasteiger partial charge in [-0.05, 0) is 41.5 Å². The molecule has 0 unspecified atom stereocenters. The fraction of sp³-hybridized carbons (Fsp3) is 0.120. The molecular weight excluding hydrogens is 390 g/mol. The Morgan fingerprint density at radius 2 is 1.81 bits per heavy atom. The van der Waals surface area contributed by atoms with Crippen molar-refractivity contribution in [2.45, 2.75) is 6.42 Å². The molecule has 0 saturated heterocycles. The second-order valence-electron chi connectivity index (χ2n) is 7.38. The number of methoxy groups -OCH3 is 1. The number of aromatic nitrogens is 1. The number of carbonyl (C=O) groups is 1. The van der Waals surface area contributed by atoms with E-state index in [2.05, 4.69) is 47.2 Å². The van der Waals surface area contributed by atoms with Crippen molar-refractivity contribution in [2.75, 3.05) is 19.5 Å². The van der Waals surface area contributed by atoms with E-state index < -0.39 is 0 Å². The normalized spacial score (nSPS) is 11.7. The molecule has 154 valence electrons. The molecule has 2 N–H and O–H groups in total. The highest BCUT2D eigenvalue weighted by Crippen LogP contribution is 2.39. The summed E-state index contributed by atoms with van der Waals surface area (Å²) in [5, 5.41) is 4.50. The second kappa shape index (κ2) is 7.74. The van der Waals surface area contributed by atoms with Crippen molar-refractivity contribution in [2.24, 2.45) is 0 Å².